The van der Waals surface area contributed by atoms with Gasteiger partial charge in [0.25, 0.3) is 0 Å². The summed E-state index contributed by atoms with van der Waals surface area (Å²) in [6.07, 6.45) is 3.61. The van der Waals surface area contributed by atoms with Crippen molar-refractivity contribution in [1.82, 2.24) is 0 Å². The van der Waals surface area contributed by atoms with Crippen LogP contribution in [-0.2, 0) is 9.53 Å². The second-order valence-electron chi connectivity index (χ2n) is 4.38. The minimum absolute atomic E-state index is 0.474. The molecule has 4 nitrogen and oxygen atoms in total. The van der Waals surface area contributed by atoms with Crippen LogP contribution in [0.4, 0.5) is 0 Å². The highest BCUT2D eigenvalue weighted by molar-refractivity contribution is 5.62. The van der Waals surface area contributed by atoms with Gasteiger partial charge in [-0.3, -0.25) is 4.99 Å². The van der Waals surface area contributed by atoms with Gasteiger partial charge in [0, 0.05) is 18.6 Å². The Hall–Kier alpha value is -1.06. The molecule has 0 aromatic carbocycles. The summed E-state index contributed by atoms with van der Waals surface area (Å²) in [5, 5.41) is 11.1. The van der Waals surface area contributed by atoms with E-state index >= 15 is 0 Å². The molecule has 0 rings (SSSR count). The smallest absolute Gasteiger partial charge is 0.145 e. The van der Waals surface area contributed by atoms with Crippen LogP contribution < -0.4 is 5.11 Å². The molecule has 0 radical (unpaired) electrons. The molecule has 0 saturated heterocycles. The number of hydrogen-bond acceptors (Lipinski definition) is 4. The van der Waals surface area contributed by atoms with Crippen LogP contribution in [0.3, 0.4) is 0 Å². The second-order valence-corrected chi connectivity index (χ2v) is 4.38. The number of aliphatic imine (C=N–C) groups is 1. The number of rotatable bonds is 6. The predicted octanol–water partition coefficient (Wildman–Crippen LogP) is 1.28. The maximum atomic E-state index is 11.1. The highest BCUT2D eigenvalue weighted by Crippen LogP contribution is 2.06. The zero-order valence-electron chi connectivity index (χ0n) is 9.78. The highest BCUT2D eigenvalue weighted by Gasteiger charge is 2.03. The summed E-state index contributed by atoms with van der Waals surface area (Å²) in [7, 11) is 0. The lowest BCUT2D eigenvalue weighted by molar-refractivity contribution is -0.260. The fraction of sp³-hybridized carbons (Fsp3) is 0.818. The van der Waals surface area contributed by atoms with Gasteiger partial charge < -0.3 is 14.6 Å². The van der Waals surface area contributed by atoms with Gasteiger partial charge in [-0.2, -0.15) is 0 Å². The SMILES string of the molecule is CC(C)(C)OC([O-])=NCCCCCC=O. The topological polar surface area (TPSA) is 61.7 Å². The van der Waals surface area contributed by atoms with E-state index < -0.39 is 11.7 Å². The lowest BCUT2D eigenvalue weighted by atomic mass is 10.2. The molecule has 0 aromatic rings. The fourth-order valence-electron chi connectivity index (χ4n) is 0.981. The molecule has 0 atom stereocenters. The van der Waals surface area contributed by atoms with E-state index in [4.69, 9.17) is 4.74 Å². The van der Waals surface area contributed by atoms with E-state index in [1.807, 2.05) is 20.8 Å². The van der Waals surface area contributed by atoms with Crippen LogP contribution in [-0.4, -0.2) is 24.5 Å². The molecular formula is C11H20NO3-. The van der Waals surface area contributed by atoms with Crippen LogP contribution in [0.5, 0.6) is 0 Å². The third-order valence-electron chi connectivity index (χ3n) is 1.61. The number of ether oxygens (including phenoxy) is 1. The third kappa shape index (κ3) is 10.9. The Morgan fingerprint density at radius 1 is 1.33 bits per heavy atom. The number of carbonyl (C=O) groups excluding carboxylic acids is 1. The van der Waals surface area contributed by atoms with E-state index in [9.17, 15) is 9.90 Å². The molecule has 15 heavy (non-hydrogen) atoms. The predicted molar refractivity (Wildman–Crippen MR) is 57.7 cm³/mol. The summed E-state index contributed by atoms with van der Waals surface area (Å²) in [4.78, 5) is 13.8. The summed E-state index contributed by atoms with van der Waals surface area (Å²) in [6, 6.07) is 0. The van der Waals surface area contributed by atoms with Gasteiger partial charge in [0.15, 0.2) is 0 Å². The van der Waals surface area contributed by atoms with Crippen LogP contribution in [0.25, 0.3) is 0 Å². The van der Waals surface area contributed by atoms with Crippen LogP contribution in [0, 0.1) is 0 Å². The zero-order chi connectivity index (χ0) is 11.7. The molecule has 0 heterocycles. The Bertz CT molecular complexity index is 206. The van der Waals surface area contributed by atoms with Gasteiger partial charge in [0.1, 0.15) is 12.4 Å². The van der Waals surface area contributed by atoms with Crippen molar-refractivity contribution in [3.05, 3.63) is 0 Å². The average molecular weight is 214 g/mol. The van der Waals surface area contributed by atoms with Crippen molar-refractivity contribution in [2.75, 3.05) is 6.54 Å². The van der Waals surface area contributed by atoms with Crippen molar-refractivity contribution in [3.8, 4) is 0 Å². The summed E-state index contributed by atoms with van der Waals surface area (Å²) in [5.74, 6) is 0. The Labute approximate surface area is 91.4 Å². The van der Waals surface area contributed by atoms with Crippen molar-refractivity contribution < 1.29 is 14.6 Å². The number of carbonyl (C=O) groups is 1. The maximum Gasteiger partial charge on any atom is 0.145 e. The molecule has 0 bridgehead atoms. The minimum atomic E-state index is -0.502. The molecule has 0 aromatic heterocycles. The molecular weight excluding hydrogens is 194 g/mol. The van der Waals surface area contributed by atoms with E-state index in [1.54, 1.807) is 0 Å². The summed E-state index contributed by atoms with van der Waals surface area (Å²) < 4.78 is 5.00. The van der Waals surface area contributed by atoms with Gasteiger partial charge >= 0.3 is 0 Å². The van der Waals surface area contributed by atoms with E-state index in [2.05, 4.69) is 4.99 Å². The quantitative estimate of drug-likeness (QED) is 0.289. The molecule has 0 N–H and O–H groups in total. The van der Waals surface area contributed by atoms with Gasteiger partial charge in [-0.25, -0.2) is 0 Å². The Balaban J connectivity index is 3.54. The van der Waals surface area contributed by atoms with Crippen molar-refractivity contribution in [2.45, 2.75) is 52.1 Å². The molecule has 4 heteroatoms. The molecule has 0 aliphatic heterocycles. The van der Waals surface area contributed by atoms with Crippen molar-refractivity contribution >= 4 is 12.4 Å². The first-order chi connectivity index (χ1) is 6.95. The zero-order valence-corrected chi connectivity index (χ0v) is 9.78. The average Bonchev–Trinajstić information content (AvgIpc) is 2.08. The van der Waals surface area contributed by atoms with Crippen LogP contribution >= 0.6 is 0 Å². The number of aldehydes is 1. The molecule has 0 aliphatic rings. The van der Waals surface area contributed by atoms with Crippen molar-refractivity contribution in [1.29, 1.82) is 0 Å². The van der Waals surface area contributed by atoms with Crippen LogP contribution in [0.15, 0.2) is 4.99 Å². The Kier molecular flexibility index (Phi) is 6.75. The molecule has 0 aliphatic carbocycles. The minimum Gasteiger partial charge on any atom is -0.595 e. The lowest BCUT2D eigenvalue weighted by Crippen LogP contribution is -2.32. The maximum absolute atomic E-state index is 11.1. The first-order valence-corrected chi connectivity index (χ1v) is 5.30. The van der Waals surface area contributed by atoms with Gasteiger partial charge in [-0.15, -0.1) is 0 Å². The van der Waals surface area contributed by atoms with E-state index in [1.165, 1.54) is 0 Å². The first kappa shape index (κ1) is 13.9. The standard InChI is InChI=1S/C11H21NO3/c1-11(2,3)15-10(14)12-8-6-4-5-7-9-13/h9H,4-8H2,1-3H3,(H,12,14)/p-1. The molecule has 0 amide bonds. The number of unbranched alkanes of at least 4 members (excludes halogenated alkanes) is 3. The highest BCUT2D eigenvalue weighted by atomic mass is 16.6. The van der Waals surface area contributed by atoms with Crippen LogP contribution in [0.2, 0.25) is 0 Å². The molecule has 0 spiro atoms. The van der Waals surface area contributed by atoms with Gasteiger partial charge in [0.2, 0.25) is 0 Å². The monoisotopic (exact) mass is 214 g/mol. The summed E-state index contributed by atoms with van der Waals surface area (Å²) >= 11 is 0. The Morgan fingerprint density at radius 2 is 2.00 bits per heavy atom. The van der Waals surface area contributed by atoms with Crippen molar-refractivity contribution in [2.24, 2.45) is 4.99 Å². The van der Waals surface area contributed by atoms with Gasteiger partial charge in [-0.1, -0.05) is 27.2 Å². The molecule has 88 valence electrons. The van der Waals surface area contributed by atoms with E-state index in [0.29, 0.717) is 13.0 Å². The first-order valence-electron chi connectivity index (χ1n) is 5.30. The summed E-state index contributed by atoms with van der Waals surface area (Å²) in [6.45, 7) is 5.91. The largest absolute Gasteiger partial charge is 0.595 e. The third-order valence-corrected chi connectivity index (χ3v) is 1.61. The number of nitrogens with zero attached hydrogens (tertiary/aromatic N) is 1. The number of hydrogen-bond donors (Lipinski definition) is 0. The second kappa shape index (κ2) is 7.26. The Morgan fingerprint density at radius 3 is 2.53 bits per heavy atom. The normalized spacial score (nSPS) is 12.6. The molecule has 0 saturated carbocycles. The fourth-order valence-corrected chi connectivity index (χ4v) is 0.981. The lowest BCUT2D eigenvalue weighted by Gasteiger charge is -2.29. The van der Waals surface area contributed by atoms with Crippen molar-refractivity contribution in [3.63, 3.8) is 0 Å². The van der Waals surface area contributed by atoms with Gasteiger partial charge in [-0.05, 0) is 12.8 Å². The molecule has 0 unspecified atom stereocenters. The summed E-state index contributed by atoms with van der Waals surface area (Å²) in [5.41, 5.74) is -0.474. The van der Waals surface area contributed by atoms with Crippen LogP contribution in [0.1, 0.15) is 46.5 Å². The van der Waals surface area contributed by atoms with Gasteiger partial charge in [0.05, 0.1) is 0 Å². The van der Waals surface area contributed by atoms with E-state index in [-0.39, 0.29) is 0 Å². The molecule has 0 fully saturated rings. The van der Waals surface area contributed by atoms with E-state index in [0.717, 1.165) is 25.5 Å².